The zero-order chi connectivity index (χ0) is 10.1. The standard InChI is InChI=1S/C7H6BrF3O2/c8-4-1-2-13-6(4)5(12)3-7(9,10)11/h1-2,5,12H,3H2. The van der Waals surface area contributed by atoms with Gasteiger partial charge < -0.3 is 9.52 Å². The first-order valence-electron chi connectivity index (χ1n) is 3.38. The Kier molecular flexibility index (Phi) is 3.02. The minimum atomic E-state index is -4.40. The first-order chi connectivity index (χ1) is 5.90. The van der Waals surface area contributed by atoms with E-state index in [0.29, 0.717) is 4.47 Å². The van der Waals surface area contributed by atoms with Gasteiger partial charge in [-0.2, -0.15) is 13.2 Å². The van der Waals surface area contributed by atoms with Crippen LogP contribution in [0.25, 0.3) is 0 Å². The maximum atomic E-state index is 11.8. The SMILES string of the molecule is OC(CC(F)(F)F)c1occc1Br. The predicted octanol–water partition coefficient (Wildman–Crippen LogP) is 3.03. The second-order valence-electron chi connectivity index (χ2n) is 2.47. The van der Waals surface area contributed by atoms with Crippen molar-refractivity contribution in [3.63, 3.8) is 0 Å². The molecule has 0 amide bonds. The highest BCUT2D eigenvalue weighted by molar-refractivity contribution is 9.10. The number of alkyl halides is 3. The Morgan fingerprint density at radius 2 is 2.15 bits per heavy atom. The molecule has 1 atom stereocenters. The maximum absolute atomic E-state index is 11.8. The van der Waals surface area contributed by atoms with Crippen molar-refractivity contribution >= 4 is 15.9 Å². The molecule has 2 nitrogen and oxygen atoms in total. The lowest BCUT2D eigenvalue weighted by Crippen LogP contribution is -2.13. The molecular formula is C7H6BrF3O2. The molecule has 1 aromatic heterocycles. The summed E-state index contributed by atoms with van der Waals surface area (Å²) in [6.07, 6.45) is -6.14. The van der Waals surface area contributed by atoms with Gasteiger partial charge in [0.25, 0.3) is 0 Å². The van der Waals surface area contributed by atoms with Gasteiger partial charge in [0, 0.05) is 0 Å². The molecule has 1 unspecified atom stereocenters. The smallest absolute Gasteiger partial charge is 0.392 e. The molecule has 0 aliphatic carbocycles. The van der Waals surface area contributed by atoms with E-state index in [2.05, 4.69) is 20.3 Å². The van der Waals surface area contributed by atoms with Crippen molar-refractivity contribution in [2.75, 3.05) is 0 Å². The number of rotatable bonds is 2. The van der Waals surface area contributed by atoms with Crippen LogP contribution in [0.1, 0.15) is 18.3 Å². The fraction of sp³-hybridized carbons (Fsp3) is 0.429. The number of hydrogen-bond donors (Lipinski definition) is 1. The van der Waals surface area contributed by atoms with Crippen LogP contribution in [0.4, 0.5) is 13.2 Å². The van der Waals surface area contributed by atoms with Crippen LogP contribution >= 0.6 is 15.9 Å². The molecule has 0 aliphatic heterocycles. The summed E-state index contributed by atoms with van der Waals surface area (Å²) in [7, 11) is 0. The summed E-state index contributed by atoms with van der Waals surface area (Å²) in [4.78, 5) is 0. The van der Waals surface area contributed by atoms with E-state index in [9.17, 15) is 13.2 Å². The number of aliphatic hydroxyl groups is 1. The summed E-state index contributed by atoms with van der Waals surface area (Å²) in [6, 6.07) is 1.43. The third-order valence-electron chi connectivity index (χ3n) is 1.37. The van der Waals surface area contributed by atoms with Crippen molar-refractivity contribution in [3.05, 3.63) is 22.6 Å². The fourth-order valence-electron chi connectivity index (χ4n) is 0.855. The molecule has 1 heterocycles. The quantitative estimate of drug-likeness (QED) is 0.885. The van der Waals surface area contributed by atoms with Gasteiger partial charge in [-0.15, -0.1) is 0 Å². The molecule has 0 saturated heterocycles. The summed E-state index contributed by atoms with van der Waals surface area (Å²) in [5.41, 5.74) is 0. The molecular weight excluding hydrogens is 253 g/mol. The van der Waals surface area contributed by atoms with E-state index in [1.54, 1.807) is 0 Å². The number of hydrogen-bond acceptors (Lipinski definition) is 2. The zero-order valence-corrected chi connectivity index (χ0v) is 7.89. The van der Waals surface area contributed by atoms with Gasteiger partial charge >= 0.3 is 6.18 Å². The Hall–Kier alpha value is -0.490. The highest BCUT2D eigenvalue weighted by Gasteiger charge is 2.33. The average Bonchev–Trinajstić information content (AvgIpc) is 2.30. The molecule has 1 aromatic rings. The minimum Gasteiger partial charge on any atom is -0.465 e. The second-order valence-corrected chi connectivity index (χ2v) is 3.32. The monoisotopic (exact) mass is 258 g/mol. The molecule has 0 spiro atoms. The van der Waals surface area contributed by atoms with Crippen molar-refractivity contribution in [2.45, 2.75) is 18.7 Å². The highest BCUT2D eigenvalue weighted by Crippen LogP contribution is 2.33. The van der Waals surface area contributed by atoms with Gasteiger partial charge in [0.1, 0.15) is 11.9 Å². The summed E-state index contributed by atoms with van der Waals surface area (Å²) >= 11 is 2.95. The van der Waals surface area contributed by atoms with Crippen LogP contribution in [-0.4, -0.2) is 11.3 Å². The van der Waals surface area contributed by atoms with Crippen LogP contribution in [0.3, 0.4) is 0 Å². The Balaban J connectivity index is 2.69. The minimum absolute atomic E-state index is 0.0997. The maximum Gasteiger partial charge on any atom is 0.392 e. The third kappa shape index (κ3) is 3.04. The Bertz CT molecular complexity index is 282. The summed E-state index contributed by atoms with van der Waals surface area (Å²) < 4.78 is 40.5. The normalized spacial score (nSPS) is 14.5. The molecule has 6 heteroatoms. The molecule has 0 bridgehead atoms. The lowest BCUT2D eigenvalue weighted by molar-refractivity contribution is -0.156. The molecule has 0 fully saturated rings. The van der Waals surface area contributed by atoms with Gasteiger partial charge in [-0.05, 0) is 22.0 Å². The molecule has 1 N–H and O–H groups in total. The molecule has 1 rings (SSSR count). The first kappa shape index (κ1) is 10.6. The van der Waals surface area contributed by atoms with E-state index in [1.807, 2.05) is 0 Å². The molecule has 0 aliphatic rings. The van der Waals surface area contributed by atoms with Crippen molar-refractivity contribution in [2.24, 2.45) is 0 Å². The Morgan fingerprint density at radius 1 is 1.54 bits per heavy atom. The van der Waals surface area contributed by atoms with Gasteiger partial charge in [0.05, 0.1) is 17.2 Å². The van der Waals surface area contributed by atoms with Gasteiger partial charge in [0.2, 0.25) is 0 Å². The summed E-state index contributed by atoms with van der Waals surface area (Å²) in [6.45, 7) is 0. The average molecular weight is 259 g/mol. The van der Waals surface area contributed by atoms with Crippen LogP contribution in [0.2, 0.25) is 0 Å². The predicted molar refractivity (Wildman–Crippen MR) is 42.0 cm³/mol. The zero-order valence-electron chi connectivity index (χ0n) is 6.31. The van der Waals surface area contributed by atoms with E-state index < -0.39 is 18.7 Å². The van der Waals surface area contributed by atoms with Gasteiger partial charge in [-0.25, -0.2) is 0 Å². The number of aliphatic hydroxyl groups excluding tert-OH is 1. The lowest BCUT2D eigenvalue weighted by Gasteiger charge is -2.10. The number of halogens is 4. The summed E-state index contributed by atoms with van der Waals surface area (Å²) in [5, 5.41) is 9.08. The van der Waals surface area contributed by atoms with E-state index >= 15 is 0 Å². The van der Waals surface area contributed by atoms with Crippen LogP contribution in [0.5, 0.6) is 0 Å². The second kappa shape index (κ2) is 3.71. The first-order valence-corrected chi connectivity index (χ1v) is 4.17. The van der Waals surface area contributed by atoms with E-state index in [0.717, 1.165) is 0 Å². The molecule has 0 radical (unpaired) electrons. The van der Waals surface area contributed by atoms with Crippen LogP contribution in [0, 0.1) is 0 Å². The number of furan rings is 1. The molecule has 13 heavy (non-hydrogen) atoms. The molecule has 74 valence electrons. The fourth-order valence-corrected chi connectivity index (χ4v) is 1.32. The van der Waals surface area contributed by atoms with Crippen LogP contribution in [0.15, 0.2) is 21.2 Å². The third-order valence-corrected chi connectivity index (χ3v) is 2.03. The Morgan fingerprint density at radius 3 is 2.54 bits per heavy atom. The van der Waals surface area contributed by atoms with Gasteiger partial charge in [0.15, 0.2) is 0 Å². The van der Waals surface area contributed by atoms with Crippen molar-refractivity contribution in [1.82, 2.24) is 0 Å². The molecule has 0 aromatic carbocycles. The lowest BCUT2D eigenvalue weighted by atomic mass is 10.2. The largest absolute Gasteiger partial charge is 0.465 e. The van der Waals surface area contributed by atoms with E-state index in [1.165, 1.54) is 12.3 Å². The Labute approximate surface area is 80.5 Å². The molecule has 0 saturated carbocycles. The van der Waals surface area contributed by atoms with Gasteiger partial charge in [-0.1, -0.05) is 0 Å². The van der Waals surface area contributed by atoms with E-state index in [-0.39, 0.29) is 5.76 Å². The van der Waals surface area contributed by atoms with Gasteiger partial charge in [-0.3, -0.25) is 0 Å². The topological polar surface area (TPSA) is 33.4 Å². The van der Waals surface area contributed by atoms with Crippen molar-refractivity contribution in [3.8, 4) is 0 Å². The summed E-state index contributed by atoms with van der Waals surface area (Å²) in [5.74, 6) is -0.0997. The van der Waals surface area contributed by atoms with Crippen molar-refractivity contribution in [1.29, 1.82) is 0 Å². The van der Waals surface area contributed by atoms with E-state index in [4.69, 9.17) is 5.11 Å². The van der Waals surface area contributed by atoms with Crippen LogP contribution < -0.4 is 0 Å². The van der Waals surface area contributed by atoms with Crippen molar-refractivity contribution < 1.29 is 22.7 Å². The van der Waals surface area contributed by atoms with Crippen LogP contribution in [-0.2, 0) is 0 Å². The highest BCUT2D eigenvalue weighted by atomic mass is 79.9.